The van der Waals surface area contributed by atoms with Crippen molar-refractivity contribution >= 4 is 5.78 Å². The molecule has 0 saturated heterocycles. The standard InChI is InChI=1S/C26H31O2.C5H5.Fe/c1-24-13-10-20(27)17-19(24)7-8-21-22(24)11-14-25(2)23(21)12-16-26(25,28)15-9-18-5-3-4-6-18;1-2-4-5-3-1;/h3-6,17,21-23,28H,7-8,10-14,16H2,1-2H3;1-5H;/q;;+2/t21-,22+,23+,24+,25+,26+;;/m1../s1. The number of hydrogen-bond donors (Lipinski definition) is 1. The second-order valence-corrected chi connectivity index (χ2v) is 11.2. The molecule has 6 aliphatic rings. The number of rotatable bonds is 0. The second kappa shape index (κ2) is 10.4. The molecule has 0 aliphatic heterocycles. The van der Waals surface area contributed by atoms with E-state index in [1.54, 1.807) is 0 Å². The molecule has 0 heterocycles. The van der Waals surface area contributed by atoms with Crippen molar-refractivity contribution in [1.82, 2.24) is 0 Å². The van der Waals surface area contributed by atoms with Gasteiger partial charge in [-0.25, -0.2) is 0 Å². The van der Waals surface area contributed by atoms with Crippen LogP contribution in [0.15, 0.2) is 11.6 Å². The van der Waals surface area contributed by atoms with Crippen molar-refractivity contribution in [2.75, 3.05) is 0 Å². The Hall–Kier alpha value is -0.551. The van der Waals surface area contributed by atoms with Gasteiger partial charge in [0.05, 0.1) is 5.92 Å². The molecule has 3 heteroatoms. The van der Waals surface area contributed by atoms with Crippen LogP contribution < -0.4 is 0 Å². The topological polar surface area (TPSA) is 37.3 Å². The number of fused-ring (bicyclic) bond motifs is 5. The molecule has 2 nitrogen and oxygen atoms in total. The van der Waals surface area contributed by atoms with Crippen molar-refractivity contribution < 1.29 is 27.0 Å². The van der Waals surface area contributed by atoms with Gasteiger partial charge < -0.3 is 5.11 Å². The van der Waals surface area contributed by atoms with Gasteiger partial charge in [0.2, 0.25) is 0 Å². The average Bonchev–Trinajstić information content (AvgIpc) is 3.57. The largest absolute Gasteiger partial charge is 2.00 e. The molecule has 5 saturated carbocycles. The van der Waals surface area contributed by atoms with Crippen LogP contribution in [0.2, 0.25) is 0 Å². The third kappa shape index (κ3) is 4.62. The van der Waals surface area contributed by atoms with Gasteiger partial charge in [0.25, 0.3) is 0 Å². The van der Waals surface area contributed by atoms with Gasteiger partial charge in [0.15, 0.2) is 5.78 Å². The summed E-state index contributed by atoms with van der Waals surface area (Å²) in [5.74, 6) is 9.75. The fourth-order valence-corrected chi connectivity index (χ4v) is 7.73. The Bertz CT molecular complexity index is 834. The van der Waals surface area contributed by atoms with Crippen LogP contribution in [0.5, 0.6) is 0 Å². The smallest absolute Gasteiger partial charge is 0.377 e. The maximum atomic E-state index is 12.0. The Kier molecular flexibility index (Phi) is 8.14. The Balaban J connectivity index is 0.000000407. The zero-order valence-electron chi connectivity index (χ0n) is 20.4. The first kappa shape index (κ1) is 26.5. The number of aliphatic hydroxyl groups is 1. The molecule has 6 atom stereocenters. The van der Waals surface area contributed by atoms with Crippen LogP contribution >= 0.6 is 0 Å². The molecule has 5 fully saturated rings. The van der Waals surface area contributed by atoms with Gasteiger partial charge in [0, 0.05) is 11.8 Å². The minimum absolute atomic E-state index is 0. The molecular weight excluding hydrogens is 460 g/mol. The minimum Gasteiger partial charge on any atom is -0.377 e. The van der Waals surface area contributed by atoms with E-state index >= 15 is 0 Å². The molecule has 34 heavy (non-hydrogen) atoms. The number of hydrogen-bond acceptors (Lipinski definition) is 2. The molecular formula is C31H36FeO2+2. The normalized spacial score (nSPS) is 43.2. The van der Waals surface area contributed by atoms with Crippen molar-refractivity contribution in [3.63, 3.8) is 0 Å². The van der Waals surface area contributed by atoms with Gasteiger partial charge >= 0.3 is 17.1 Å². The number of ketones is 1. The Morgan fingerprint density at radius 2 is 1.50 bits per heavy atom. The molecule has 178 valence electrons. The molecule has 0 unspecified atom stereocenters. The summed E-state index contributed by atoms with van der Waals surface area (Å²) in [5, 5.41) is 11.6. The van der Waals surface area contributed by atoms with Crippen molar-refractivity contribution in [1.29, 1.82) is 0 Å². The van der Waals surface area contributed by atoms with E-state index in [1.165, 1.54) is 12.0 Å². The summed E-state index contributed by atoms with van der Waals surface area (Å²) in [4.78, 5) is 12.0. The SMILES string of the molecule is C[C@]12CCC(=O)C=C1CC[C@@H]1[C@@H]2CC[C@@]2(C)[C@H]1CC[C@@]2(O)C#C[C]1[CH][CH][CH][CH]1.[CH]1[CH][CH][CH][CH]1.[Fe+2]. The van der Waals surface area contributed by atoms with E-state index in [2.05, 4.69) is 25.7 Å². The molecule has 0 spiro atoms. The molecule has 6 aliphatic carbocycles. The molecule has 0 aromatic heterocycles. The van der Waals surface area contributed by atoms with Crippen LogP contribution in [-0.2, 0) is 21.9 Å². The van der Waals surface area contributed by atoms with E-state index in [4.69, 9.17) is 0 Å². The van der Waals surface area contributed by atoms with Crippen LogP contribution in [-0.4, -0.2) is 16.5 Å². The van der Waals surface area contributed by atoms with Crippen molar-refractivity contribution in [2.24, 2.45) is 28.6 Å². The quantitative estimate of drug-likeness (QED) is 0.346. The first-order valence-electron chi connectivity index (χ1n) is 12.7. The van der Waals surface area contributed by atoms with Gasteiger partial charge in [-0.3, -0.25) is 4.79 Å². The Morgan fingerprint density at radius 1 is 0.853 bits per heavy atom. The summed E-state index contributed by atoms with van der Waals surface area (Å²) in [7, 11) is 0. The van der Waals surface area contributed by atoms with Crippen molar-refractivity contribution in [2.45, 2.75) is 70.8 Å². The predicted octanol–water partition coefficient (Wildman–Crippen LogP) is 5.68. The maximum absolute atomic E-state index is 12.0. The van der Waals surface area contributed by atoms with Crippen molar-refractivity contribution in [3.05, 3.63) is 75.4 Å². The van der Waals surface area contributed by atoms with Gasteiger partial charge in [-0.2, -0.15) is 0 Å². The summed E-state index contributed by atoms with van der Waals surface area (Å²) in [6.45, 7) is 4.72. The molecule has 0 aromatic rings. The second-order valence-electron chi connectivity index (χ2n) is 11.2. The number of carbonyl (C=O) groups excluding carboxylic acids is 1. The molecule has 6 rings (SSSR count). The van der Waals surface area contributed by atoms with Crippen molar-refractivity contribution in [3.8, 4) is 11.8 Å². The number of allylic oxidation sites excluding steroid dienone is 1. The van der Waals surface area contributed by atoms with Crippen LogP contribution in [0.25, 0.3) is 0 Å². The monoisotopic (exact) mass is 496 g/mol. The zero-order valence-corrected chi connectivity index (χ0v) is 21.5. The third-order valence-corrected chi connectivity index (χ3v) is 9.75. The molecule has 10 radical (unpaired) electrons. The Labute approximate surface area is 219 Å². The fraction of sp³-hybridized carbons (Fsp3) is 0.516. The first-order valence-corrected chi connectivity index (χ1v) is 12.7. The van der Waals surface area contributed by atoms with E-state index in [9.17, 15) is 9.90 Å². The average molecular weight is 496 g/mol. The first-order chi connectivity index (χ1) is 15.9. The van der Waals surface area contributed by atoms with E-state index in [-0.39, 0.29) is 27.9 Å². The summed E-state index contributed by atoms with van der Waals surface area (Å²) in [6, 6.07) is 0. The molecule has 1 N–H and O–H groups in total. The summed E-state index contributed by atoms with van der Waals surface area (Å²) in [6.07, 6.45) is 28.0. The maximum Gasteiger partial charge on any atom is 2.00 e. The van der Waals surface area contributed by atoms with E-state index in [1.807, 2.05) is 63.9 Å². The summed E-state index contributed by atoms with van der Waals surface area (Å²) < 4.78 is 0. The van der Waals surface area contributed by atoms with Crippen LogP contribution in [0, 0.1) is 104 Å². The minimum atomic E-state index is -0.876. The van der Waals surface area contributed by atoms with Gasteiger partial charge in [-0.15, -0.1) is 0 Å². The molecule has 0 aromatic carbocycles. The van der Waals surface area contributed by atoms with Crippen LogP contribution in [0.1, 0.15) is 65.2 Å². The van der Waals surface area contributed by atoms with Crippen LogP contribution in [0.4, 0.5) is 0 Å². The van der Waals surface area contributed by atoms with Gasteiger partial charge in [-0.05, 0) is 132 Å². The van der Waals surface area contributed by atoms with Gasteiger partial charge in [-0.1, -0.05) is 31.3 Å². The van der Waals surface area contributed by atoms with E-state index in [0.29, 0.717) is 30.0 Å². The summed E-state index contributed by atoms with van der Waals surface area (Å²) in [5.41, 5.74) is 0.618. The molecule has 0 amide bonds. The van der Waals surface area contributed by atoms with Gasteiger partial charge in [0.1, 0.15) is 5.60 Å². The Morgan fingerprint density at radius 3 is 2.18 bits per heavy atom. The number of carbonyl (C=O) groups is 1. The fourth-order valence-electron chi connectivity index (χ4n) is 7.73. The van der Waals surface area contributed by atoms with Crippen LogP contribution in [0.3, 0.4) is 0 Å². The van der Waals surface area contributed by atoms with E-state index in [0.717, 1.165) is 44.4 Å². The predicted molar refractivity (Wildman–Crippen MR) is 131 cm³/mol. The molecule has 0 bridgehead atoms. The van der Waals surface area contributed by atoms with E-state index < -0.39 is 5.60 Å². The summed E-state index contributed by atoms with van der Waals surface area (Å²) >= 11 is 0. The zero-order chi connectivity index (χ0) is 23.1. The third-order valence-electron chi connectivity index (χ3n) is 9.75.